The molecule has 5 nitrogen and oxygen atoms in total. The minimum absolute atomic E-state index is 0.0719. The quantitative estimate of drug-likeness (QED) is 0.864. The highest BCUT2D eigenvalue weighted by atomic mass is 35.5. The highest BCUT2D eigenvalue weighted by Gasteiger charge is 2.36. The Hall–Kier alpha value is -2.05. The van der Waals surface area contributed by atoms with Gasteiger partial charge in [-0.1, -0.05) is 17.7 Å². The van der Waals surface area contributed by atoms with Crippen molar-refractivity contribution >= 4 is 40.4 Å². The minimum atomic E-state index is -0.390. The number of carbonyl (C=O) groups is 2. The van der Waals surface area contributed by atoms with Gasteiger partial charge in [0.15, 0.2) is 0 Å². The summed E-state index contributed by atoms with van der Waals surface area (Å²) < 4.78 is 5.32. The van der Waals surface area contributed by atoms with Gasteiger partial charge in [0, 0.05) is 22.9 Å². The van der Waals surface area contributed by atoms with E-state index in [1.54, 1.807) is 41.5 Å². The van der Waals surface area contributed by atoms with E-state index in [0.717, 1.165) is 4.88 Å². The number of methoxy groups -OCH3 is 1. The molecule has 7 heteroatoms. The summed E-state index contributed by atoms with van der Waals surface area (Å²) in [4.78, 5) is 27.6. The third-order valence-corrected chi connectivity index (χ3v) is 5.55. The number of halogens is 1. The first-order chi connectivity index (χ1) is 12.0. The van der Waals surface area contributed by atoms with Crippen LogP contribution >= 0.6 is 22.9 Å². The third-order valence-electron chi connectivity index (χ3n) is 4.26. The van der Waals surface area contributed by atoms with E-state index in [0.29, 0.717) is 23.0 Å². The fourth-order valence-electron chi connectivity index (χ4n) is 2.93. The molecule has 0 radical (unpaired) electrons. The number of ether oxygens (including phenoxy) is 1. The minimum Gasteiger partial charge on any atom is -0.495 e. The maximum Gasteiger partial charge on any atom is 0.227 e. The maximum absolute atomic E-state index is 12.6. The van der Waals surface area contributed by atoms with E-state index < -0.39 is 5.92 Å². The van der Waals surface area contributed by atoms with Gasteiger partial charge in [-0.2, -0.15) is 0 Å². The van der Waals surface area contributed by atoms with Gasteiger partial charge in [0.05, 0.1) is 24.8 Å². The third kappa shape index (κ3) is 3.80. The van der Waals surface area contributed by atoms with Crippen molar-refractivity contribution in [2.24, 2.45) is 5.92 Å². The summed E-state index contributed by atoms with van der Waals surface area (Å²) in [6, 6.07) is 8.98. The summed E-state index contributed by atoms with van der Waals surface area (Å²) in [5.41, 5.74) is 0.599. The van der Waals surface area contributed by atoms with E-state index in [-0.39, 0.29) is 24.3 Å². The summed E-state index contributed by atoms with van der Waals surface area (Å²) >= 11 is 7.65. The summed E-state index contributed by atoms with van der Waals surface area (Å²) in [6.07, 6.45) is 0.179. The Balaban J connectivity index is 1.72. The van der Waals surface area contributed by atoms with E-state index in [1.165, 1.54) is 0 Å². The van der Waals surface area contributed by atoms with Crippen LogP contribution in [0.4, 0.5) is 5.69 Å². The predicted molar refractivity (Wildman–Crippen MR) is 99.3 cm³/mol. The van der Waals surface area contributed by atoms with Gasteiger partial charge in [-0.15, -0.1) is 11.3 Å². The Morgan fingerprint density at radius 2 is 2.24 bits per heavy atom. The molecule has 0 aliphatic carbocycles. The topological polar surface area (TPSA) is 58.6 Å². The zero-order chi connectivity index (χ0) is 18.0. The molecule has 3 rings (SSSR count). The largest absolute Gasteiger partial charge is 0.495 e. The lowest BCUT2D eigenvalue weighted by molar-refractivity contribution is -0.126. The van der Waals surface area contributed by atoms with Crippen LogP contribution in [0.25, 0.3) is 0 Å². The molecule has 1 aromatic heterocycles. The lowest BCUT2D eigenvalue weighted by Crippen LogP contribution is -2.34. The number of hydrogen-bond acceptors (Lipinski definition) is 4. The lowest BCUT2D eigenvalue weighted by atomic mass is 10.1. The normalized spacial score (nSPS) is 18.3. The number of thiophene rings is 1. The van der Waals surface area contributed by atoms with E-state index in [2.05, 4.69) is 5.32 Å². The number of carbonyl (C=O) groups excluding carboxylic acids is 2. The number of anilines is 1. The van der Waals surface area contributed by atoms with Crippen LogP contribution in [0.2, 0.25) is 5.02 Å². The van der Waals surface area contributed by atoms with Crippen LogP contribution in [-0.2, 0) is 9.59 Å². The van der Waals surface area contributed by atoms with Crippen LogP contribution in [0.3, 0.4) is 0 Å². The second kappa shape index (κ2) is 7.45. The Bertz CT molecular complexity index is 779. The Morgan fingerprint density at radius 3 is 2.92 bits per heavy atom. The lowest BCUT2D eigenvalue weighted by Gasteiger charge is -2.20. The van der Waals surface area contributed by atoms with Gasteiger partial charge < -0.3 is 15.0 Å². The van der Waals surface area contributed by atoms with Crippen LogP contribution in [0.1, 0.15) is 24.3 Å². The van der Waals surface area contributed by atoms with Crippen molar-refractivity contribution < 1.29 is 14.3 Å². The summed E-state index contributed by atoms with van der Waals surface area (Å²) in [5, 5.41) is 5.48. The van der Waals surface area contributed by atoms with Crippen molar-refractivity contribution in [2.75, 3.05) is 18.6 Å². The molecule has 1 aromatic carbocycles. The zero-order valence-electron chi connectivity index (χ0n) is 14.0. The predicted octanol–water partition coefficient (Wildman–Crippen LogP) is 3.64. The highest BCUT2D eigenvalue weighted by molar-refractivity contribution is 7.10. The molecule has 2 amide bonds. The number of benzene rings is 1. The summed E-state index contributed by atoms with van der Waals surface area (Å²) in [7, 11) is 1.54. The van der Waals surface area contributed by atoms with E-state index in [4.69, 9.17) is 16.3 Å². The smallest absolute Gasteiger partial charge is 0.227 e. The molecule has 1 aliphatic heterocycles. The molecule has 1 N–H and O–H groups in total. The SMILES string of the molecule is COc1ccc(Cl)cc1N1CC(C(=O)NC(C)c2cccs2)CC1=O. The van der Waals surface area contributed by atoms with Gasteiger partial charge in [0.25, 0.3) is 0 Å². The van der Waals surface area contributed by atoms with Crippen molar-refractivity contribution in [3.8, 4) is 5.75 Å². The molecule has 1 saturated heterocycles. The van der Waals surface area contributed by atoms with Crippen molar-refractivity contribution in [1.82, 2.24) is 5.32 Å². The number of nitrogens with zero attached hydrogens (tertiary/aromatic N) is 1. The summed E-state index contributed by atoms with van der Waals surface area (Å²) in [6.45, 7) is 2.26. The first-order valence-corrected chi connectivity index (χ1v) is 9.23. The molecule has 0 saturated carbocycles. The molecule has 1 fully saturated rings. The van der Waals surface area contributed by atoms with Crippen molar-refractivity contribution in [3.63, 3.8) is 0 Å². The van der Waals surface area contributed by atoms with Crippen LogP contribution in [0, 0.1) is 5.92 Å². The molecular formula is C18H19ClN2O3S. The fraction of sp³-hybridized carbons (Fsp3) is 0.333. The second-order valence-electron chi connectivity index (χ2n) is 5.97. The average molecular weight is 379 g/mol. The van der Waals surface area contributed by atoms with Crippen molar-refractivity contribution in [2.45, 2.75) is 19.4 Å². The molecule has 1 aliphatic rings. The Labute approximate surface area is 155 Å². The van der Waals surface area contributed by atoms with Crippen LogP contribution in [0.15, 0.2) is 35.7 Å². The van der Waals surface area contributed by atoms with Gasteiger partial charge >= 0.3 is 0 Å². The number of nitrogens with one attached hydrogen (secondary N) is 1. The zero-order valence-corrected chi connectivity index (χ0v) is 15.6. The van der Waals surface area contributed by atoms with Crippen LogP contribution < -0.4 is 15.0 Å². The molecule has 0 bridgehead atoms. The molecule has 2 heterocycles. The molecule has 2 atom stereocenters. The van der Waals surface area contributed by atoms with Crippen molar-refractivity contribution in [1.29, 1.82) is 0 Å². The number of hydrogen-bond donors (Lipinski definition) is 1. The van der Waals surface area contributed by atoms with E-state index in [1.807, 2.05) is 24.4 Å². The average Bonchev–Trinajstić information content (AvgIpc) is 3.24. The monoisotopic (exact) mass is 378 g/mol. The molecule has 0 spiro atoms. The van der Waals surface area contributed by atoms with Gasteiger partial charge in [0.2, 0.25) is 11.8 Å². The van der Waals surface area contributed by atoms with Gasteiger partial charge in [0.1, 0.15) is 5.75 Å². The van der Waals surface area contributed by atoms with Gasteiger partial charge in [-0.05, 0) is 36.6 Å². The molecular weight excluding hydrogens is 360 g/mol. The molecule has 132 valence electrons. The number of amides is 2. The number of rotatable bonds is 5. The Morgan fingerprint density at radius 1 is 1.44 bits per heavy atom. The van der Waals surface area contributed by atoms with Gasteiger partial charge in [-0.3, -0.25) is 9.59 Å². The van der Waals surface area contributed by atoms with Crippen LogP contribution in [0.5, 0.6) is 5.75 Å². The second-order valence-corrected chi connectivity index (χ2v) is 7.38. The molecule has 2 unspecified atom stereocenters. The summed E-state index contributed by atoms with van der Waals surface area (Å²) in [5.74, 6) is -0.0494. The van der Waals surface area contributed by atoms with Crippen molar-refractivity contribution in [3.05, 3.63) is 45.6 Å². The first kappa shape index (κ1) is 17.8. The molecule has 25 heavy (non-hydrogen) atoms. The highest BCUT2D eigenvalue weighted by Crippen LogP contribution is 2.35. The van der Waals surface area contributed by atoms with E-state index >= 15 is 0 Å². The molecule has 2 aromatic rings. The standard InChI is InChI=1S/C18H19ClN2O3S/c1-11(16-4-3-7-25-16)20-18(23)12-8-17(22)21(10-12)14-9-13(19)5-6-15(14)24-2/h3-7,9,11-12H,8,10H2,1-2H3,(H,20,23). The maximum atomic E-state index is 12.6. The van der Waals surface area contributed by atoms with Crippen LogP contribution in [-0.4, -0.2) is 25.5 Å². The van der Waals surface area contributed by atoms with Gasteiger partial charge in [-0.25, -0.2) is 0 Å². The Kier molecular flexibility index (Phi) is 5.30. The fourth-order valence-corrected chi connectivity index (χ4v) is 3.83. The van der Waals surface area contributed by atoms with E-state index in [9.17, 15) is 9.59 Å². The first-order valence-electron chi connectivity index (χ1n) is 7.97.